The van der Waals surface area contributed by atoms with E-state index in [-0.39, 0.29) is 17.9 Å². The zero-order valence-electron chi connectivity index (χ0n) is 11.8. The van der Waals surface area contributed by atoms with Crippen LogP contribution in [0.25, 0.3) is 0 Å². The summed E-state index contributed by atoms with van der Waals surface area (Å²) in [5.41, 5.74) is -0.912. The van der Waals surface area contributed by atoms with Crippen LogP contribution >= 0.6 is 0 Å². The minimum atomic E-state index is -0.912. The first-order valence-electron chi connectivity index (χ1n) is 7.07. The van der Waals surface area contributed by atoms with E-state index in [0.717, 1.165) is 12.8 Å². The minimum Gasteiger partial charge on any atom is -0.354 e. The number of nitrogens with one attached hydrogen (secondary N) is 2. The van der Waals surface area contributed by atoms with Gasteiger partial charge in [-0.1, -0.05) is 26.7 Å². The van der Waals surface area contributed by atoms with E-state index in [1.54, 1.807) is 0 Å². The summed E-state index contributed by atoms with van der Waals surface area (Å²) in [5.74, 6) is -0.154. The van der Waals surface area contributed by atoms with Crippen molar-refractivity contribution in [1.82, 2.24) is 10.6 Å². The molecule has 1 atom stereocenters. The Morgan fingerprint density at radius 2 is 2.11 bits per heavy atom. The first kappa shape index (κ1) is 15.5. The van der Waals surface area contributed by atoms with Gasteiger partial charge in [0.05, 0.1) is 6.07 Å². The van der Waals surface area contributed by atoms with Gasteiger partial charge >= 0.3 is 0 Å². The molecule has 0 aromatic carbocycles. The van der Waals surface area contributed by atoms with Gasteiger partial charge in [-0.05, 0) is 19.3 Å². The monoisotopic (exact) mass is 265 g/mol. The van der Waals surface area contributed by atoms with Gasteiger partial charge in [0.15, 0.2) is 0 Å². The van der Waals surface area contributed by atoms with Crippen LogP contribution in [0.5, 0.6) is 0 Å². The molecule has 2 N–H and O–H groups in total. The summed E-state index contributed by atoms with van der Waals surface area (Å²) in [5, 5.41) is 15.1. The third-order valence-corrected chi connectivity index (χ3v) is 3.60. The number of hydrogen-bond acceptors (Lipinski definition) is 3. The van der Waals surface area contributed by atoms with Gasteiger partial charge in [0.1, 0.15) is 5.41 Å². The number of nitrogens with zero attached hydrogens (tertiary/aromatic N) is 1. The molecule has 1 aliphatic rings. The number of nitriles is 1. The molecule has 1 aliphatic heterocycles. The topological polar surface area (TPSA) is 82.0 Å². The molecule has 5 nitrogen and oxygen atoms in total. The highest BCUT2D eigenvalue weighted by molar-refractivity contribution is 5.86. The first-order valence-corrected chi connectivity index (χ1v) is 7.07. The Kier molecular flexibility index (Phi) is 5.81. The largest absolute Gasteiger partial charge is 0.354 e. The summed E-state index contributed by atoms with van der Waals surface area (Å²) in [6.45, 7) is 4.43. The molecule has 0 bridgehead atoms. The second-order valence-corrected chi connectivity index (χ2v) is 5.21. The second kappa shape index (κ2) is 7.13. The lowest BCUT2D eigenvalue weighted by Gasteiger charge is -2.29. The van der Waals surface area contributed by atoms with E-state index in [2.05, 4.69) is 16.7 Å². The molecule has 1 unspecified atom stereocenters. The molecule has 5 heteroatoms. The van der Waals surface area contributed by atoms with E-state index in [1.807, 2.05) is 13.8 Å². The fourth-order valence-electron chi connectivity index (χ4n) is 2.55. The summed E-state index contributed by atoms with van der Waals surface area (Å²) in [4.78, 5) is 23.5. The van der Waals surface area contributed by atoms with E-state index in [0.29, 0.717) is 32.2 Å². The molecule has 0 aliphatic carbocycles. The Balaban J connectivity index is 2.66. The van der Waals surface area contributed by atoms with E-state index in [1.165, 1.54) is 0 Å². The van der Waals surface area contributed by atoms with Gasteiger partial charge in [-0.25, -0.2) is 0 Å². The third-order valence-electron chi connectivity index (χ3n) is 3.60. The lowest BCUT2D eigenvalue weighted by Crippen LogP contribution is -2.51. The van der Waals surface area contributed by atoms with Gasteiger partial charge < -0.3 is 10.6 Å². The quantitative estimate of drug-likeness (QED) is 0.763. The third kappa shape index (κ3) is 3.95. The van der Waals surface area contributed by atoms with Gasteiger partial charge in [0.25, 0.3) is 0 Å². The Bertz CT molecular complexity index is 357. The lowest BCUT2D eigenvalue weighted by atomic mass is 9.79. The van der Waals surface area contributed by atoms with Crippen LogP contribution in [0.4, 0.5) is 0 Å². The molecule has 106 valence electrons. The summed E-state index contributed by atoms with van der Waals surface area (Å²) in [6.07, 6.45) is 3.87. The summed E-state index contributed by atoms with van der Waals surface area (Å²) in [7, 11) is 0. The van der Waals surface area contributed by atoms with Crippen molar-refractivity contribution >= 4 is 11.8 Å². The SMILES string of the molecule is CCCC(C#N)(CCC)C(=O)NC1CCC(=O)NC1. The average molecular weight is 265 g/mol. The van der Waals surface area contributed by atoms with Crippen molar-refractivity contribution in [3.63, 3.8) is 0 Å². The molecule has 0 saturated carbocycles. The molecule has 1 saturated heterocycles. The van der Waals surface area contributed by atoms with Gasteiger partial charge in [-0.15, -0.1) is 0 Å². The van der Waals surface area contributed by atoms with Crippen LogP contribution in [-0.2, 0) is 9.59 Å². The maximum atomic E-state index is 12.4. The summed E-state index contributed by atoms with van der Waals surface area (Å²) in [6, 6.07) is 2.17. The number of piperidine rings is 1. The molecular weight excluding hydrogens is 242 g/mol. The van der Waals surface area contributed by atoms with Crippen LogP contribution in [0, 0.1) is 16.7 Å². The molecule has 2 amide bonds. The van der Waals surface area contributed by atoms with Crippen LogP contribution in [0.15, 0.2) is 0 Å². The fraction of sp³-hybridized carbons (Fsp3) is 0.786. The lowest BCUT2D eigenvalue weighted by molar-refractivity contribution is -0.131. The van der Waals surface area contributed by atoms with E-state index < -0.39 is 5.41 Å². The van der Waals surface area contributed by atoms with E-state index in [4.69, 9.17) is 0 Å². The minimum absolute atomic E-state index is 0.0270. The predicted octanol–water partition coefficient (Wildman–Crippen LogP) is 1.49. The normalized spacial score (nSPS) is 19.4. The predicted molar refractivity (Wildman–Crippen MR) is 72.0 cm³/mol. The number of rotatable bonds is 6. The Labute approximate surface area is 114 Å². The van der Waals surface area contributed by atoms with Crippen molar-refractivity contribution in [3.05, 3.63) is 0 Å². The van der Waals surface area contributed by atoms with Crippen molar-refractivity contribution in [3.8, 4) is 6.07 Å². The molecule has 1 fully saturated rings. The molecule has 1 heterocycles. The highest BCUT2D eigenvalue weighted by Gasteiger charge is 2.38. The Hall–Kier alpha value is -1.57. The van der Waals surface area contributed by atoms with Crippen LogP contribution in [0.3, 0.4) is 0 Å². The summed E-state index contributed by atoms with van der Waals surface area (Å²) >= 11 is 0. The molecular formula is C14H23N3O2. The maximum absolute atomic E-state index is 12.4. The zero-order valence-corrected chi connectivity index (χ0v) is 11.8. The van der Waals surface area contributed by atoms with Crippen molar-refractivity contribution in [2.24, 2.45) is 5.41 Å². The highest BCUT2D eigenvalue weighted by atomic mass is 16.2. The average Bonchev–Trinajstić information content (AvgIpc) is 2.41. The second-order valence-electron chi connectivity index (χ2n) is 5.21. The smallest absolute Gasteiger partial charge is 0.240 e. The van der Waals surface area contributed by atoms with E-state index >= 15 is 0 Å². The van der Waals surface area contributed by atoms with Crippen molar-refractivity contribution in [2.45, 2.75) is 58.4 Å². The van der Waals surface area contributed by atoms with Gasteiger partial charge in [-0.3, -0.25) is 9.59 Å². The Morgan fingerprint density at radius 3 is 2.53 bits per heavy atom. The van der Waals surface area contributed by atoms with Crippen LogP contribution < -0.4 is 10.6 Å². The zero-order chi connectivity index (χ0) is 14.3. The molecule has 0 aromatic heterocycles. The van der Waals surface area contributed by atoms with Crippen molar-refractivity contribution < 1.29 is 9.59 Å². The molecule has 19 heavy (non-hydrogen) atoms. The van der Waals surface area contributed by atoms with Gasteiger partial charge in [-0.2, -0.15) is 5.26 Å². The first-order chi connectivity index (χ1) is 9.07. The standard InChI is InChI=1S/C14H23N3O2/c1-3-7-14(10-15,8-4-2)13(19)17-11-5-6-12(18)16-9-11/h11H,3-9H2,1-2H3,(H,16,18)(H,17,19). The summed E-state index contributed by atoms with van der Waals surface area (Å²) < 4.78 is 0. The number of carbonyl (C=O) groups excluding carboxylic acids is 2. The number of hydrogen-bond donors (Lipinski definition) is 2. The number of amides is 2. The highest BCUT2D eigenvalue weighted by Crippen LogP contribution is 2.29. The van der Waals surface area contributed by atoms with Crippen LogP contribution in [0.1, 0.15) is 52.4 Å². The molecule has 0 spiro atoms. The molecule has 0 aromatic rings. The van der Waals surface area contributed by atoms with Crippen LogP contribution in [-0.4, -0.2) is 24.4 Å². The van der Waals surface area contributed by atoms with Crippen molar-refractivity contribution in [1.29, 1.82) is 5.26 Å². The Morgan fingerprint density at radius 1 is 1.47 bits per heavy atom. The van der Waals surface area contributed by atoms with E-state index in [9.17, 15) is 14.9 Å². The molecule has 0 radical (unpaired) electrons. The van der Waals surface area contributed by atoms with Crippen molar-refractivity contribution in [2.75, 3.05) is 6.54 Å². The van der Waals surface area contributed by atoms with Gasteiger partial charge in [0.2, 0.25) is 11.8 Å². The van der Waals surface area contributed by atoms with Gasteiger partial charge in [0, 0.05) is 19.0 Å². The molecule has 1 rings (SSSR count). The maximum Gasteiger partial charge on any atom is 0.240 e. The number of carbonyl (C=O) groups is 2. The fourth-order valence-corrected chi connectivity index (χ4v) is 2.55. The van der Waals surface area contributed by atoms with Crippen LogP contribution in [0.2, 0.25) is 0 Å².